The molecule has 1 saturated carbocycles. The van der Waals surface area contributed by atoms with E-state index in [9.17, 15) is 0 Å². The fourth-order valence-corrected chi connectivity index (χ4v) is 3.55. The van der Waals surface area contributed by atoms with Crippen molar-refractivity contribution in [2.45, 2.75) is 44.4 Å². The van der Waals surface area contributed by atoms with Crippen LogP contribution in [0.25, 0.3) is 0 Å². The molecule has 1 aromatic heterocycles. The molecule has 2 heterocycles. The van der Waals surface area contributed by atoms with Gasteiger partial charge in [0.25, 0.3) is 0 Å². The van der Waals surface area contributed by atoms with Gasteiger partial charge in [-0.05, 0) is 43.2 Å². The molecule has 122 valence electrons. The highest BCUT2D eigenvalue weighted by molar-refractivity contribution is 5.17. The van der Waals surface area contributed by atoms with E-state index in [2.05, 4.69) is 41.3 Å². The standard InChI is InChI=1S/C20H25NO2/c1-2-4-16(5-3-1)12-19-20(23-15-17-6-7-17)8-10-21(19)13-18-9-11-22-14-18/h1-5,9,11,14,17,19-20H,6-8,10,12-13,15H2/t19-,20+/m0/s1. The van der Waals surface area contributed by atoms with Crippen LogP contribution in [0, 0.1) is 5.92 Å². The summed E-state index contributed by atoms with van der Waals surface area (Å²) in [5, 5.41) is 0. The summed E-state index contributed by atoms with van der Waals surface area (Å²) < 4.78 is 11.5. The summed E-state index contributed by atoms with van der Waals surface area (Å²) >= 11 is 0. The van der Waals surface area contributed by atoms with E-state index in [1.807, 2.05) is 6.26 Å². The lowest BCUT2D eigenvalue weighted by atomic mass is 10.0. The van der Waals surface area contributed by atoms with E-state index in [1.54, 1.807) is 6.26 Å². The van der Waals surface area contributed by atoms with Crippen molar-refractivity contribution in [2.75, 3.05) is 13.2 Å². The third kappa shape index (κ3) is 3.85. The maximum Gasteiger partial charge on any atom is 0.0947 e. The van der Waals surface area contributed by atoms with Crippen LogP contribution >= 0.6 is 0 Å². The molecule has 0 N–H and O–H groups in total. The van der Waals surface area contributed by atoms with E-state index in [4.69, 9.17) is 9.15 Å². The summed E-state index contributed by atoms with van der Waals surface area (Å²) in [6, 6.07) is 13.3. The van der Waals surface area contributed by atoms with Gasteiger partial charge in [-0.25, -0.2) is 0 Å². The second-order valence-electron chi connectivity index (χ2n) is 6.96. The van der Waals surface area contributed by atoms with Crippen LogP contribution in [0.3, 0.4) is 0 Å². The van der Waals surface area contributed by atoms with Gasteiger partial charge in [0.2, 0.25) is 0 Å². The smallest absolute Gasteiger partial charge is 0.0947 e. The van der Waals surface area contributed by atoms with Gasteiger partial charge in [-0.1, -0.05) is 30.3 Å². The number of nitrogens with zero attached hydrogens (tertiary/aromatic N) is 1. The Morgan fingerprint density at radius 3 is 2.65 bits per heavy atom. The summed E-state index contributed by atoms with van der Waals surface area (Å²) in [5.74, 6) is 0.829. The van der Waals surface area contributed by atoms with Crippen molar-refractivity contribution in [2.24, 2.45) is 5.92 Å². The van der Waals surface area contributed by atoms with Crippen molar-refractivity contribution in [1.29, 1.82) is 0 Å². The van der Waals surface area contributed by atoms with E-state index in [-0.39, 0.29) is 0 Å². The zero-order valence-corrected chi connectivity index (χ0v) is 13.6. The normalized spacial score (nSPS) is 25.0. The van der Waals surface area contributed by atoms with Gasteiger partial charge >= 0.3 is 0 Å². The maximum absolute atomic E-state index is 6.30. The van der Waals surface area contributed by atoms with Crippen LogP contribution < -0.4 is 0 Å². The molecule has 0 amide bonds. The number of hydrogen-bond acceptors (Lipinski definition) is 3. The quantitative estimate of drug-likeness (QED) is 0.776. The van der Waals surface area contributed by atoms with Gasteiger partial charge in [0.1, 0.15) is 0 Å². The average Bonchev–Trinajstić information content (AvgIpc) is 3.13. The van der Waals surface area contributed by atoms with Crippen LogP contribution in [0.2, 0.25) is 0 Å². The molecule has 3 nitrogen and oxygen atoms in total. The molecule has 23 heavy (non-hydrogen) atoms. The summed E-state index contributed by atoms with van der Waals surface area (Å²) in [5.41, 5.74) is 2.66. The summed E-state index contributed by atoms with van der Waals surface area (Å²) in [6.07, 6.45) is 8.90. The van der Waals surface area contributed by atoms with E-state index >= 15 is 0 Å². The monoisotopic (exact) mass is 311 g/mol. The molecule has 2 aliphatic rings. The number of rotatable bonds is 7. The Hall–Kier alpha value is -1.58. The maximum atomic E-state index is 6.30. The Labute approximate surface area is 138 Å². The molecule has 2 aromatic rings. The van der Waals surface area contributed by atoms with Gasteiger partial charge in [-0.15, -0.1) is 0 Å². The van der Waals surface area contributed by atoms with E-state index in [1.165, 1.54) is 24.0 Å². The van der Waals surface area contributed by atoms with Gasteiger partial charge in [0.05, 0.1) is 18.6 Å². The molecule has 3 heteroatoms. The molecular formula is C20H25NO2. The molecule has 1 aliphatic carbocycles. The molecular weight excluding hydrogens is 286 g/mol. The second kappa shape index (κ2) is 6.90. The van der Waals surface area contributed by atoms with E-state index in [0.717, 1.165) is 38.5 Å². The SMILES string of the molecule is c1ccc(C[C@H]2[C@H](OCC3CC3)CCN2Cc2ccoc2)cc1. The summed E-state index contributed by atoms with van der Waals surface area (Å²) in [6.45, 7) is 3.02. The first-order valence-electron chi connectivity index (χ1n) is 8.79. The first-order chi connectivity index (χ1) is 11.4. The fourth-order valence-electron chi connectivity index (χ4n) is 3.55. The van der Waals surface area contributed by atoms with Crippen molar-refractivity contribution in [3.8, 4) is 0 Å². The molecule has 1 saturated heterocycles. The van der Waals surface area contributed by atoms with Crippen molar-refractivity contribution < 1.29 is 9.15 Å². The highest BCUT2D eigenvalue weighted by Gasteiger charge is 2.36. The van der Waals surface area contributed by atoms with Crippen molar-refractivity contribution in [3.05, 3.63) is 60.1 Å². The minimum Gasteiger partial charge on any atom is -0.472 e. The summed E-state index contributed by atoms with van der Waals surface area (Å²) in [7, 11) is 0. The first kappa shape index (κ1) is 15.0. The molecule has 1 aromatic carbocycles. The predicted octanol–water partition coefficient (Wildman–Crippen LogP) is 3.89. The largest absolute Gasteiger partial charge is 0.472 e. The number of benzene rings is 1. The average molecular weight is 311 g/mol. The zero-order chi connectivity index (χ0) is 15.5. The van der Waals surface area contributed by atoms with Crippen molar-refractivity contribution in [3.63, 3.8) is 0 Å². The minimum atomic E-state index is 0.364. The molecule has 0 bridgehead atoms. The van der Waals surface area contributed by atoms with Crippen molar-refractivity contribution >= 4 is 0 Å². The Morgan fingerprint density at radius 2 is 1.91 bits per heavy atom. The molecule has 4 rings (SSSR count). The van der Waals surface area contributed by atoms with Crippen LogP contribution in [0.4, 0.5) is 0 Å². The number of ether oxygens (including phenoxy) is 1. The molecule has 2 atom stereocenters. The summed E-state index contributed by atoms with van der Waals surface area (Å²) in [4.78, 5) is 2.56. The number of hydrogen-bond donors (Lipinski definition) is 0. The van der Waals surface area contributed by atoms with E-state index in [0.29, 0.717) is 12.1 Å². The first-order valence-corrected chi connectivity index (χ1v) is 8.79. The fraction of sp³-hybridized carbons (Fsp3) is 0.500. The highest BCUT2D eigenvalue weighted by Crippen LogP contribution is 2.32. The van der Waals surface area contributed by atoms with Crippen molar-refractivity contribution in [1.82, 2.24) is 4.90 Å². The van der Waals surface area contributed by atoms with Gasteiger partial charge in [-0.3, -0.25) is 4.90 Å². The minimum absolute atomic E-state index is 0.364. The second-order valence-corrected chi connectivity index (χ2v) is 6.96. The van der Waals surface area contributed by atoms with Crippen LogP contribution in [-0.4, -0.2) is 30.2 Å². The lowest BCUT2D eigenvalue weighted by Crippen LogP contribution is -2.38. The third-order valence-corrected chi connectivity index (χ3v) is 5.10. The molecule has 0 unspecified atom stereocenters. The van der Waals surface area contributed by atoms with Crippen LogP contribution in [0.5, 0.6) is 0 Å². The lowest BCUT2D eigenvalue weighted by molar-refractivity contribution is 0.0196. The van der Waals surface area contributed by atoms with E-state index < -0.39 is 0 Å². The van der Waals surface area contributed by atoms with Crippen LogP contribution in [0.1, 0.15) is 30.4 Å². The van der Waals surface area contributed by atoms with Gasteiger partial charge in [0.15, 0.2) is 0 Å². The predicted molar refractivity (Wildman–Crippen MR) is 90.1 cm³/mol. The zero-order valence-electron chi connectivity index (χ0n) is 13.6. The Morgan fingerprint density at radius 1 is 1.04 bits per heavy atom. The highest BCUT2D eigenvalue weighted by atomic mass is 16.5. The lowest BCUT2D eigenvalue weighted by Gasteiger charge is -2.28. The molecule has 1 aliphatic heterocycles. The van der Waals surface area contributed by atoms with Gasteiger partial charge < -0.3 is 9.15 Å². The molecule has 0 spiro atoms. The number of likely N-dealkylation sites (tertiary alicyclic amines) is 1. The van der Waals surface area contributed by atoms with Gasteiger partial charge in [-0.2, -0.15) is 0 Å². The Bertz CT molecular complexity index is 591. The van der Waals surface area contributed by atoms with Gasteiger partial charge in [0, 0.05) is 31.3 Å². The van der Waals surface area contributed by atoms with Crippen LogP contribution in [-0.2, 0) is 17.7 Å². The number of furan rings is 1. The topological polar surface area (TPSA) is 25.6 Å². The third-order valence-electron chi connectivity index (χ3n) is 5.10. The molecule has 2 fully saturated rings. The molecule has 0 radical (unpaired) electrons. The Kier molecular flexibility index (Phi) is 4.49. The van der Waals surface area contributed by atoms with Crippen LogP contribution in [0.15, 0.2) is 53.3 Å². The Balaban J connectivity index is 1.45.